The van der Waals surface area contributed by atoms with E-state index in [1.807, 2.05) is 0 Å². The SMILES string of the molecule is CC(=O)Nc1ccc(NS(C)(=O)=O)c(C(=O)NCC(C)(C)N)c1.Cl. The molecular weight excluding hydrogens is 356 g/mol. The number of rotatable bonds is 6. The molecule has 0 aliphatic heterocycles. The molecule has 2 amide bonds. The van der Waals surface area contributed by atoms with E-state index < -0.39 is 21.5 Å². The molecular formula is C14H23ClN4O4S. The Labute approximate surface area is 148 Å². The zero-order valence-corrected chi connectivity index (χ0v) is 15.6. The van der Waals surface area contributed by atoms with Crippen molar-refractivity contribution in [2.24, 2.45) is 5.73 Å². The molecule has 1 aromatic rings. The molecule has 0 aliphatic carbocycles. The molecule has 0 aliphatic rings. The number of nitrogens with one attached hydrogen (secondary N) is 3. The molecule has 5 N–H and O–H groups in total. The van der Waals surface area contributed by atoms with Gasteiger partial charge in [0.25, 0.3) is 5.91 Å². The summed E-state index contributed by atoms with van der Waals surface area (Å²) in [6.07, 6.45) is 0.986. The third kappa shape index (κ3) is 8.14. The average molecular weight is 379 g/mol. The highest BCUT2D eigenvalue weighted by Crippen LogP contribution is 2.22. The zero-order chi connectivity index (χ0) is 17.8. The van der Waals surface area contributed by atoms with E-state index in [9.17, 15) is 18.0 Å². The number of halogens is 1. The lowest BCUT2D eigenvalue weighted by molar-refractivity contribution is -0.114. The number of sulfonamides is 1. The van der Waals surface area contributed by atoms with Crippen molar-refractivity contribution >= 4 is 45.6 Å². The standard InChI is InChI=1S/C14H22N4O4S.ClH/c1-9(19)17-10-5-6-12(18-23(4,21)22)11(7-10)13(20)16-8-14(2,3)15;/h5-7,18H,8,15H2,1-4H3,(H,16,20)(H,17,19);1H. The molecule has 0 aromatic heterocycles. The average Bonchev–Trinajstić information content (AvgIpc) is 2.34. The second-order valence-corrected chi connectivity index (χ2v) is 7.74. The van der Waals surface area contributed by atoms with E-state index >= 15 is 0 Å². The molecule has 0 fully saturated rings. The van der Waals surface area contributed by atoms with Crippen molar-refractivity contribution in [1.29, 1.82) is 0 Å². The summed E-state index contributed by atoms with van der Waals surface area (Å²) in [5.74, 6) is -0.801. The molecule has 0 spiro atoms. The van der Waals surface area contributed by atoms with Crippen molar-refractivity contribution in [2.45, 2.75) is 26.3 Å². The van der Waals surface area contributed by atoms with Crippen molar-refractivity contribution < 1.29 is 18.0 Å². The Hall–Kier alpha value is -1.84. The van der Waals surface area contributed by atoms with Gasteiger partial charge in [-0.3, -0.25) is 14.3 Å². The molecule has 1 rings (SSSR count). The minimum Gasteiger partial charge on any atom is -0.350 e. The van der Waals surface area contributed by atoms with Crippen LogP contribution in [0.2, 0.25) is 0 Å². The van der Waals surface area contributed by atoms with E-state index in [2.05, 4.69) is 15.4 Å². The van der Waals surface area contributed by atoms with Crippen LogP contribution >= 0.6 is 12.4 Å². The van der Waals surface area contributed by atoms with Crippen molar-refractivity contribution in [3.05, 3.63) is 23.8 Å². The van der Waals surface area contributed by atoms with Gasteiger partial charge in [-0.25, -0.2) is 8.42 Å². The van der Waals surface area contributed by atoms with Crippen molar-refractivity contribution in [2.75, 3.05) is 22.8 Å². The first-order chi connectivity index (χ1) is 10.4. The summed E-state index contributed by atoms with van der Waals surface area (Å²) in [6.45, 7) is 5.03. The Bertz CT molecular complexity index is 714. The molecule has 0 atom stereocenters. The predicted octanol–water partition coefficient (Wildman–Crippen LogP) is 0.905. The number of benzene rings is 1. The maximum absolute atomic E-state index is 12.3. The second kappa shape index (κ2) is 8.32. The Morgan fingerprint density at radius 2 is 1.83 bits per heavy atom. The van der Waals surface area contributed by atoms with E-state index in [0.29, 0.717) is 5.69 Å². The highest BCUT2D eigenvalue weighted by atomic mass is 35.5. The minimum atomic E-state index is -3.55. The Morgan fingerprint density at radius 1 is 1.25 bits per heavy atom. The number of carbonyl (C=O) groups is 2. The van der Waals surface area contributed by atoms with Crippen molar-refractivity contribution in [3.63, 3.8) is 0 Å². The van der Waals surface area contributed by atoms with E-state index in [1.165, 1.54) is 25.1 Å². The third-order valence-electron chi connectivity index (χ3n) is 2.58. The second-order valence-electron chi connectivity index (χ2n) is 5.99. The maximum Gasteiger partial charge on any atom is 0.253 e. The van der Waals surface area contributed by atoms with Crippen LogP contribution in [0, 0.1) is 0 Å². The number of anilines is 2. The summed E-state index contributed by atoms with van der Waals surface area (Å²) in [6, 6.07) is 4.31. The highest BCUT2D eigenvalue weighted by molar-refractivity contribution is 7.92. The largest absolute Gasteiger partial charge is 0.350 e. The van der Waals surface area contributed by atoms with Crippen molar-refractivity contribution in [1.82, 2.24) is 5.32 Å². The van der Waals surface area contributed by atoms with Crippen LogP contribution < -0.4 is 21.1 Å². The fourth-order valence-electron chi connectivity index (χ4n) is 1.71. The van der Waals surface area contributed by atoms with Crippen LogP contribution in [0.5, 0.6) is 0 Å². The van der Waals surface area contributed by atoms with Gasteiger partial charge in [0, 0.05) is 24.7 Å². The van der Waals surface area contributed by atoms with E-state index in [0.717, 1.165) is 6.26 Å². The molecule has 24 heavy (non-hydrogen) atoms. The first-order valence-electron chi connectivity index (χ1n) is 6.84. The van der Waals surface area contributed by atoms with E-state index in [4.69, 9.17) is 5.73 Å². The number of hydrogen-bond donors (Lipinski definition) is 4. The maximum atomic E-state index is 12.3. The number of carbonyl (C=O) groups excluding carboxylic acids is 2. The molecule has 136 valence electrons. The summed E-state index contributed by atoms with van der Waals surface area (Å²) in [5, 5.41) is 5.18. The Morgan fingerprint density at radius 3 is 2.29 bits per heavy atom. The van der Waals surface area contributed by atoms with Gasteiger partial charge in [0.05, 0.1) is 17.5 Å². The lowest BCUT2D eigenvalue weighted by Crippen LogP contribution is -2.45. The number of hydrogen-bond acceptors (Lipinski definition) is 5. The molecule has 0 saturated carbocycles. The van der Waals surface area contributed by atoms with Crippen LogP contribution in [-0.2, 0) is 14.8 Å². The topological polar surface area (TPSA) is 130 Å². The normalized spacial score (nSPS) is 11.2. The summed E-state index contributed by atoms with van der Waals surface area (Å²) >= 11 is 0. The van der Waals surface area contributed by atoms with Gasteiger partial charge in [-0.05, 0) is 32.0 Å². The molecule has 0 radical (unpaired) electrons. The molecule has 0 saturated heterocycles. The summed E-state index contributed by atoms with van der Waals surface area (Å²) in [7, 11) is -3.55. The molecule has 0 bridgehead atoms. The Kier molecular flexibility index (Phi) is 7.68. The Balaban J connectivity index is 0.00000529. The number of amides is 2. The summed E-state index contributed by atoms with van der Waals surface area (Å²) in [4.78, 5) is 23.4. The smallest absolute Gasteiger partial charge is 0.253 e. The van der Waals surface area contributed by atoms with E-state index in [1.54, 1.807) is 13.8 Å². The van der Waals surface area contributed by atoms with E-state index in [-0.39, 0.29) is 36.1 Å². The van der Waals surface area contributed by atoms with Crippen LogP contribution in [-0.4, -0.2) is 38.6 Å². The van der Waals surface area contributed by atoms with Crippen molar-refractivity contribution in [3.8, 4) is 0 Å². The minimum absolute atomic E-state index is 0. The fourth-order valence-corrected chi connectivity index (χ4v) is 2.28. The van der Waals surface area contributed by atoms with Gasteiger partial charge >= 0.3 is 0 Å². The summed E-state index contributed by atoms with van der Waals surface area (Å²) in [5.41, 5.74) is 5.79. The van der Waals surface area contributed by atoms with Gasteiger partial charge in [-0.15, -0.1) is 12.4 Å². The first-order valence-corrected chi connectivity index (χ1v) is 8.73. The van der Waals surface area contributed by atoms with Gasteiger partial charge in [-0.2, -0.15) is 0 Å². The zero-order valence-electron chi connectivity index (χ0n) is 14.0. The molecule has 0 unspecified atom stereocenters. The summed E-state index contributed by atoms with van der Waals surface area (Å²) < 4.78 is 25.1. The van der Waals surface area contributed by atoms with Crippen LogP contribution in [0.1, 0.15) is 31.1 Å². The fraction of sp³-hybridized carbons (Fsp3) is 0.429. The lowest BCUT2D eigenvalue weighted by atomic mass is 10.1. The highest BCUT2D eigenvalue weighted by Gasteiger charge is 2.18. The van der Waals surface area contributed by atoms with Gasteiger partial charge in [0.2, 0.25) is 15.9 Å². The quantitative estimate of drug-likeness (QED) is 0.584. The van der Waals surface area contributed by atoms with Crippen LogP contribution in [0.3, 0.4) is 0 Å². The van der Waals surface area contributed by atoms with Gasteiger partial charge < -0.3 is 16.4 Å². The third-order valence-corrected chi connectivity index (χ3v) is 3.18. The van der Waals surface area contributed by atoms with Gasteiger partial charge in [-0.1, -0.05) is 0 Å². The van der Waals surface area contributed by atoms with Gasteiger partial charge in [0.1, 0.15) is 0 Å². The first kappa shape index (κ1) is 22.2. The molecule has 1 aromatic carbocycles. The van der Waals surface area contributed by atoms with Crippen LogP contribution in [0.15, 0.2) is 18.2 Å². The van der Waals surface area contributed by atoms with Gasteiger partial charge in [0.15, 0.2) is 0 Å². The lowest BCUT2D eigenvalue weighted by Gasteiger charge is -2.20. The van der Waals surface area contributed by atoms with Crippen LogP contribution in [0.25, 0.3) is 0 Å². The predicted molar refractivity (Wildman–Crippen MR) is 97.1 cm³/mol. The molecule has 0 heterocycles. The molecule has 10 heteroatoms. The molecule has 8 nitrogen and oxygen atoms in total. The number of nitrogens with two attached hydrogens (primary N) is 1. The van der Waals surface area contributed by atoms with Crippen LogP contribution in [0.4, 0.5) is 11.4 Å². The monoisotopic (exact) mass is 378 g/mol.